The van der Waals surface area contributed by atoms with Crippen molar-refractivity contribution in [2.75, 3.05) is 37.3 Å². The highest BCUT2D eigenvalue weighted by molar-refractivity contribution is 7.99. The molecule has 0 radical (unpaired) electrons. The lowest BCUT2D eigenvalue weighted by molar-refractivity contribution is 0.275. The molecule has 162 valence electrons. The van der Waals surface area contributed by atoms with Gasteiger partial charge in [-0.05, 0) is 44.7 Å². The van der Waals surface area contributed by atoms with E-state index in [9.17, 15) is 13.6 Å². The Balaban J connectivity index is 1.80. The number of thioether (sulfide) groups is 1. The van der Waals surface area contributed by atoms with Gasteiger partial charge in [-0.1, -0.05) is 0 Å². The summed E-state index contributed by atoms with van der Waals surface area (Å²) < 4.78 is 30.0. The van der Waals surface area contributed by atoms with E-state index < -0.39 is 11.6 Å². The summed E-state index contributed by atoms with van der Waals surface area (Å²) in [5.41, 5.74) is 2.51. The zero-order valence-electron chi connectivity index (χ0n) is 17.8. The van der Waals surface area contributed by atoms with Gasteiger partial charge in [0.25, 0.3) is 0 Å². The van der Waals surface area contributed by atoms with E-state index in [0.29, 0.717) is 23.7 Å². The second kappa shape index (κ2) is 7.60. The molecular formula is C23H24F2N4OS. The molecule has 5 nitrogen and oxygen atoms in total. The molecule has 2 aliphatic rings. The summed E-state index contributed by atoms with van der Waals surface area (Å²) >= 11 is 1.62. The minimum absolute atomic E-state index is 0.221. The molecule has 0 saturated carbocycles. The van der Waals surface area contributed by atoms with E-state index in [0.717, 1.165) is 52.6 Å². The van der Waals surface area contributed by atoms with Gasteiger partial charge in [0.2, 0.25) is 0 Å². The van der Waals surface area contributed by atoms with Crippen molar-refractivity contribution < 1.29 is 8.78 Å². The highest BCUT2D eigenvalue weighted by Crippen LogP contribution is 2.44. The van der Waals surface area contributed by atoms with Gasteiger partial charge in [-0.15, -0.1) is 11.8 Å². The van der Waals surface area contributed by atoms with Crippen molar-refractivity contribution in [1.29, 1.82) is 0 Å². The quantitative estimate of drug-likeness (QED) is 0.602. The number of anilines is 1. The fourth-order valence-electron chi connectivity index (χ4n) is 4.81. The second-order valence-corrected chi connectivity index (χ2v) is 9.55. The van der Waals surface area contributed by atoms with Crippen LogP contribution in [0, 0.1) is 18.6 Å². The maximum atomic E-state index is 14.7. The molecule has 31 heavy (non-hydrogen) atoms. The predicted octanol–water partition coefficient (Wildman–Crippen LogP) is 3.90. The van der Waals surface area contributed by atoms with Crippen LogP contribution >= 0.6 is 11.8 Å². The molecule has 1 aromatic heterocycles. The molecule has 2 aromatic carbocycles. The summed E-state index contributed by atoms with van der Waals surface area (Å²) in [7, 11) is 2.10. The zero-order valence-corrected chi connectivity index (χ0v) is 18.6. The normalized spacial score (nSPS) is 19.3. The Morgan fingerprint density at radius 1 is 1.16 bits per heavy atom. The summed E-state index contributed by atoms with van der Waals surface area (Å²) in [6.45, 7) is 7.23. The van der Waals surface area contributed by atoms with E-state index in [2.05, 4.69) is 28.8 Å². The Bertz CT molecular complexity index is 1260. The van der Waals surface area contributed by atoms with Crippen LogP contribution in [0.5, 0.6) is 0 Å². The van der Waals surface area contributed by atoms with Crippen molar-refractivity contribution in [2.45, 2.75) is 31.3 Å². The van der Waals surface area contributed by atoms with Crippen LogP contribution in [0.25, 0.3) is 22.0 Å². The molecule has 0 N–H and O–H groups in total. The van der Waals surface area contributed by atoms with E-state index in [1.165, 1.54) is 12.1 Å². The Hall–Kier alpha value is -2.45. The highest BCUT2D eigenvalue weighted by Gasteiger charge is 2.29. The van der Waals surface area contributed by atoms with E-state index in [1.54, 1.807) is 16.3 Å². The number of hydrogen-bond donors (Lipinski definition) is 0. The number of piperazine rings is 1. The SMILES string of the molecule is Cc1cc2c(N3CCN(C)CC3C)nc(=O)n3c2c(c1-c1ccc(F)cc1F)SCC3. The van der Waals surface area contributed by atoms with E-state index in [-0.39, 0.29) is 11.7 Å². The lowest BCUT2D eigenvalue weighted by atomic mass is 9.97. The third-order valence-electron chi connectivity index (χ3n) is 6.26. The Morgan fingerprint density at radius 2 is 1.97 bits per heavy atom. The van der Waals surface area contributed by atoms with Crippen LogP contribution in [0.2, 0.25) is 0 Å². The molecule has 2 aliphatic heterocycles. The average molecular weight is 443 g/mol. The van der Waals surface area contributed by atoms with E-state index >= 15 is 0 Å². The van der Waals surface area contributed by atoms with Crippen molar-refractivity contribution in [3.63, 3.8) is 0 Å². The van der Waals surface area contributed by atoms with Crippen LogP contribution < -0.4 is 10.6 Å². The van der Waals surface area contributed by atoms with Crippen LogP contribution in [0.1, 0.15) is 12.5 Å². The maximum Gasteiger partial charge on any atom is 0.350 e. The fraction of sp³-hybridized carbons (Fsp3) is 0.391. The smallest absolute Gasteiger partial charge is 0.350 e. The maximum absolute atomic E-state index is 14.7. The summed E-state index contributed by atoms with van der Waals surface area (Å²) in [5, 5.41) is 0.918. The summed E-state index contributed by atoms with van der Waals surface area (Å²) in [6, 6.07) is 5.90. The van der Waals surface area contributed by atoms with Crippen molar-refractivity contribution in [1.82, 2.24) is 14.5 Å². The van der Waals surface area contributed by atoms with E-state index in [4.69, 9.17) is 0 Å². The molecule has 0 spiro atoms. The van der Waals surface area contributed by atoms with Crippen molar-refractivity contribution >= 4 is 28.5 Å². The fourth-order valence-corrected chi connectivity index (χ4v) is 6.06. The minimum Gasteiger partial charge on any atom is -0.351 e. The molecule has 0 aliphatic carbocycles. The predicted molar refractivity (Wildman–Crippen MR) is 121 cm³/mol. The average Bonchev–Trinajstić information content (AvgIpc) is 2.72. The first kappa shape index (κ1) is 20.5. The van der Waals surface area contributed by atoms with Crippen LogP contribution in [0.15, 0.2) is 34.0 Å². The minimum atomic E-state index is -0.603. The molecule has 3 aromatic rings. The second-order valence-electron chi connectivity index (χ2n) is 8.44. The van der Waals surface area contributed by atoms with Gasteiger partial charge in [0.05, 0.1) is 5.52 Å². The molecule has 5 rings (SSSR count). The van der Waals surface area contributed by atoms with E-state index in [1.807, 2.05) is 13.0 Å². The third kappa shape index (κ3) is 3.32. The van der Waals surface area contributed by atoms with Gasteiger partial charge in [-0.25, -0.2) is 13.6 Å². The Morgan fingerprint density at radius 3 is 2.71 bits per heavy atom. The number of likely N-dealkylation sites (N-methyl/N-ethyl adjacent to an activating group) is 1. The molecule has 0 bridgehead atoms. The largest absolute Gasteiger partial charge is 0.351 e. The molecule has 8 heteroatoms. The topological polar surface area (TPSA) is 41.4 Å². The van der Waals surface area contributed by atoms with Crippen LogP contribution in [-0.4, -0.2) is 52.9 Å². The summed E-state index contributed by atoms with van der Waals surface area (Å²) in [6.07, 6.45) is 0. The first-order chi connectivity index (χ1) is 14.8. The zero-order chi connectivity index (χ0) is 21.9. The van der Waals surface area contributed by atoms with Crippen molar-refractivity contribution in [2.24, 2.45) is 0 Å². The first-order valence-electron chi connectivity index (χ1n) is 10.5. The molecule has 1 saturated heterocycles. The number of aromatic nitrogens is 2. The third-order valence-corrected chi connectivity index (χ3v) is 7.33. The van der Waals surface area contributed by atoms with Crippen LogP contribution in [0.3, 0.4) is 0 Å². The molecule has 1 atom stereocenters. The van der Waals surface area contributed by atoms with Crippen LogP contribution in [0.4, 0.5) is 14.6 Å². The van der Waals surface area contributed by atoms with Gasteiger partial charge >= 0.3 is 5.69 Å². The van der Waals surface area contributed by atoms with Gasteiger partial charge < -0.3 is 9.80 Å². The van der Waals surface area contributed by atoms with Gasteiger partial charge in [0.1, 0.15) is 17.5 Å². The Kier molecular flexibility index (Phi) is 5.01. The monoisotopic (exact) mass is 442 g/mol. The van der Waals surface area contributed by atoms with Crippen LogP contribution in [-0.2, 0) is 6.54 Å². The summed E-state index contributed by atoms with van der Waals surface area (Å²) in [4.78, 5) is 22.9. The number of rotatable bonds is 2. The number of halogens is 2. The summed E-state index contributed by atoms with van der Waals surface area (Å²) in [5.74, 6) is 0.205. The highest BCUT2D eigenvalue weighted by atomic mass is 32.2. The number of aryl methyl sites for hydroxylation is 2. The lowest BCUT2D eigenvalue weighted by Crippen LogP contribution is -2.51. The van der Waals surface area contributed by atoms with Gasteiger partial charge in [0, 0.05) is 65.4 Å². The number of nitrogens with zero attached hydrogens (tertiary/aromatic N) is 4. The van der Waals surface area contributed by atoms with Gasteiger partial charge in [0.15, 0.2) is 0 Å². The first-order valence-corrected chi connectivity index (χ1v) is 11.4. The molecule has 3 heterocycles. The molecule has 1 unspecified atom stereocenters. The van der Waals surface area contributed by atoms with Crippen molar-refractivity contribution in [3.05, 3.63) is 51.9 Å². The molecule has 1 fully saturated rings. The lowest BCUT2D eigenvalue weighted by Gasteiger charge is -2.39. The Labute approximate surface area is 183 Å². The van der Waals surface area contributed by atoms with Gasteiger partial charge in [-0.3, -0.25) is 4.57 Å². The molecule has 0 amide bonds. The van der Waals surface area contributed by atoms with Gasteiger partial charge in [-0.2, -0.15) is 4.98 Å². The molecular weight excluding hydrogens is 418 g/mol. The van der Waals surface area contributed by atoms with Crippen molar-refractivity contribution in [3.8, 4) is 11.1 Å². The number of benzene rings is 2. The standard InChI is InChI=1S/C23H24F2N4OS/c1-13-10-17-20-21(19(13)16-5-4-15(24)11-18(16)25)31-9-8-29(20)23(30)26-22(17)28-7-6-27(3)12-14(28)2/h4-5,10-11,14H,6-9,12H2,1-3H3. The number of hydrogen-bond acceptors (Lipinski definition) is 5.